The second-order valence-corrected chi connectivity index (χ2v) is 4.80. The van der Waals surface area contributed by atoms with E-state index in [1.165, 1.54) is 0 Å². The molecule has 17 heavy (non-hydrogen) atoms. The maximum atomic E-state index is 11.5. The Balaban J connectivity index is 1.50. The van der Waals surface area contributed by atoms with Crippen LogP contribution in [0.15, 0.2) is 0 Å². The number of likely N-dealkylation sites (tertiary alicyclic amines) is 1. The lowest BCUT2D eigenvalue weighted by molar-refractivity contribution is -0.127. The SMILES string of the molecule is O=C(CC1COC1)NCCCN1CCCC1=O. The summed E-state index contributed by atoms with van der Waals surface area (Å²) in [5, 5.41) is 2.89. The quantitative estimate of drug-likeness (QED) is 0.672. The van der Waals surface area contributed by atoms with Crippen molar-refractivity contribution in [2.45, 2.75) is 25.7 Å². The predicted molar refractivity (Wildman–Crippen MR) is 62.4 cm³/mol. The molecule has 2 amide bonds. The number of hydrogen-bond acceptors (Lipinski definition) is 3. The van der Waals surface area contributed by atoms with E-state index in [1.54, 1.807) is 0 Å². The molecule has 0 spiro atoms. The average molecular weight is 240 g/mol. The van der Waals surface area contributed by atoms with Crippen molar-refractivity contribution in [3.05, 3.63) is 0 Å². The van der Waals surface area contributed by atoms with Gasteiger partial charge in [0.15, 0.2) is 0 Å². The number of amides is 2. The molecule has 2 rings (SSSR count). The average Bonchev–Trinajstić information content (AvgIpc) is 2.65. The first-order valence-corrected chi connectivity index (χ1v) is 6.38. The van der Waals surface area contributed by atoms with Crippen LogP contribution in [0.4, 0.5) is 0 Å². The van der Waals surface area contributed by atoms with Gasteiger partial charge in [-0.1, -0.05) is 0 Å². The van der Waals surface area contributed by atoms with Gasteiger partial charge in [0.1, 0.15) is 0 Å². The molecule has 2 aliphatic rings. The zero-order chi connectivity index (χ0) is 12.1. The third-order valence-electron chi connectivity index (χ3n) is 3.28. The minimum absolute atomic E-state index is 0.103. The Morgan fingerprint density at radius 3 is 2.88 bits per heavy atom. The van der Waals surface area contributed by atoms with Crippen molar-refractivity contribution in [2.75, 3.05) is 32.8 Å². The molecular weight excluding hydrogens is 220 g/mol. The lowest BCUT2D eigenvalue weighted by Gasteiger charge is -2.25. The molecule has 2 saturated heterocycles. The van der Waals surface area contributed by atoms with E-state index in [9.17, 15) is 9.59 Å². The maximum absolute atomic E-state index is 11.5. The summed E-state index contributed by atoms with van der Waals surface area (Å²) in [6.07, 6.45) is 3.09. The van der Waals surface area contributed by atoms with E-state index in [2.05, 4.69) is 5.32 Å². The standard InChI is InChI=1S/C12H20N2O3/c15-11(7-10-8-17-9-10)13-4-2-6-14-5-1-3-12(14)16/h10H,1-9H2,(H,13,15). The van der Waals surface area contributed by atoms with Crippen LogP contribution in [0.5, 0.6) is 0 Å². The van der Waals surface area contributed by atoms with E-state index < -0.39 is 0 Å². The minimum atomic E-state index is 0.103. The Bertz CT molecular complexity index is 289. The van der Waals surface area contributed by atoms with Crippen LogP contribution in [-0.4, -0.2) is 49.6 Å². The Hall–Kier alpha value is -1.10. The molecule has 0 aliphatic carbocycles. The molecule has 0 radical (unpaired) electrons. The van der Waals surface area contributed by atoms with Crippen LogP contribution in [0.3, 0.4) is 0 Å². The summed E-state index contributed by atoms with van der Waals surface area (Å²) >= 11 is 0. The topological polar surface area (TPSA) is 58.6 Å². The van der Waals surface area contributed by atoms with E-state index >= 15 is 0 Å². The Kier molecular flexibility index (Phi) is 4.36. The van der Waals surface area contributed by atoms with Gasteiger partial charge in [0, 0.05) is 38.4 Å². The van der Waals surface area contributed by atoms with E-state index in [0.717, 1.165) is 39.1 Å². The number of nitrogens with zero attached hydrogens (tertiary/aromatic N) is 1. The van der Waals surface area contributed by atoms with Gasteiger partial charge in [-0.15, -0.1) is 0 Å². The summed E-state index contributed by atoms with van der Waals surface area (Å²) in [6.45, 7) is 3.75. The molecule has 1 N–H and O–H groups in total. The zero-order valence-corrected chi connectivity index (χ0v) is 10.1. The van der Waals surface area contributed by atoms with Gasteiger partial charge in [-0.3, -0.25) is 9.59 Å². The summed E-state index contributed by atoms with van der Waals surface area (Å²) < 4.78 is 5.02. The van der Waals surface area contributed by atoms with Crippen LogP contribution in [0.25, 0.3) is 0 Å². The fourth-order valence-electron chi connectivity index (χ4n) is 2.17. The fraction of sp³-hybridized carbons (Fsp3) is 0.833. The van der Waals surface area contributed by atoms with Crippen LogP contribution in [0, 0.1) is 5.92 Å². The first-order chi connectivity index (χ1) is 8.25. The van der Waals surface area contributed by atoms with Crippen LogP contribution in [0.2, 0.25) is 0 Å². The van der Waals surface area contributed by atoms with Crippen molar-refractivity contribution in [1.29, 1.82) is 0 Å². The van der Waals surface area contributed by atoms with Crippen molar-refractivity contribution in [2.24, 2.45) is 5.92 Å². The molecule has 0 saturated carbocycles. The maximum Gasteiger partial charge on any atom is 0.222 e. The normalized spacial score (nSPS) is 20.5. The van der Waals surface area contributed by atoms with E-state index in [1.807, 2.05) is 4.90 Å². The summed E-state index contributed by atoms with van der Waals surface area (Å²) in [5.74, 6) is 0.768. The highest BCUT2D eigenvalue weighted by molar-refractivity contribution is 5.78. The third-order valence-corrected chi connectivity index (χ3v) is 3.28. The first kappa shape index (κ1) is 12.4. The highest BCUT2D eigenvalue weighted by Gasteiger charge is 2.22. The summed E-state index contributed by atoms with van der Waals surface area (Å²) in [6, 6.07) is 0. The molecular formula is C12H20N2O3. The van der Waals surface area contributed by atoms with Crippen molar-refractivity contribution >= 4 is 11.8 Å². The molecule has 0 atom stereocenters. The van der Waals surface area contributed by atoms with Gasteiger partial charge in [0.2, 0.25) is 11.8 Å². The summed E-state index contributed by atoms with van der Waals surface area (Å²) in [7, 11) is 0. The molecule has 2 heterocycles. The Morgan fingerprint density at radius 1 is 1.47 bits per heavy atom. The number of nitrogens with one attached hydrogen (secondary N) is 1. The predicted octanol–water partition coefficient (Wildman–Crippen LogP) is 0.152. The van der Waals surface area contributed by atoms with Crippen LogP contribution >= 0.6 is 0 Å². The molecule has 0 aromatic heterocycles. The largest absolute Gasteiger partial charge is 0.381 e. The number of carbonyl (C=O) groups excluding carboxylic acids is 2. The minimum Gasteiger partial charge on any atom is -0.381 e. The van der Waals surface area contributed by atoms with Crippen molar-refractivity contribution in [1.82, 2.24) is 10.2 Å². The van der Waals surface area contributed by atoms with Crippen molar-refractivity contribution in [3.63, 3.8) is 0 Å². The van der Waals surface area contributed by atoms with Gasteiger partial charge < -0.3 is 15.0 Å². The van der Waals surface area contributed by atoms with Crippen LogP contribution in [-0.2, 0) is 14.3 Å². The number of ether oxygens (including phenoxy) is 1. The van der Waals surface area contributed by atoms with E-state index in [0.29, 0.717) is 25.3 Å². The lowest BCUT2D eigenvalue weighted by atomic mass is 10.0. The summed E-state index contributed by atoms with van der Waals surface area (Å²) in [4.78, 5) is 24.7. The van der Waals surface area contributed by atoms with Gasteiger partial charge in [0.05, 0.1) is 13.2 Å². The molecule has 5 nitrogen and oxygen atoms in total. The van der Waals surface area contributed by atoms with Gasteiger partial charge in [-0.25, -0.2) is 0 Å². The summed E-state index contributed by atoms with van der Waals surface area (Å²) in [5.41, 5.74) is 0. The number of carbonyl (C=O) groups is 2. The Morgan fingerprint density at radius 2 is 2.29 bits per heavy atom. The molecule has 5 heteroatoms. The number of hydrogen-bond donors (Lipinski definition) is 1. The van der Waals surface area contributed by atoms with Crippen LogP contribution in [0.1, 0.15) is 25.7 Å². The fourth-order valence-corrected chi connectivity index (χ4v) is 2.17. The lowest BCUT2D eigenvalue weighted by Crippen LogP contribution is -2.35. The highest BCUT2D eigenvalue weighted by atomic mass is 16.5. The molecule has 96 valence electrons. The monoisotopic (exact) mass is 240 g/mol. The molecule has 2 fully saturated rings. The molecule has 0 aromatic carbocycles. The second kappa shape index (κ2) is 6.00. The zero-order valence-electron chi connectivity index (χ0n) is 10.1. The van der Waals surface area contributed by atoms with Crippen molar-refractivity contribution < 1.29 is 14.3 Å². The van der Waals surface area contributed by atoms with E-state index in [-0.39, 0.29) is 11.8 Å². The van der Waals surface area contributed by atoms with Gasteiger partial charge in [0.25, 0.3) is 0 Å². The van der Waals surface area contributed by atoms with Crippen LogP contribution < -0.4 is 5.32 Å². The van der Waals surface area contributed by atoms with Gasteiger partial charge in [-0.05, 0) is 12.8 Å². The third kappa shape index (κ3) is 3.70. The van der Waals surface area contributed by atoms with Crippen molar-refractivity contribution in [3.8, 4) is 0 Å². The van der Waals surface area contributed by atoms with Gasteiger partial charge >= 0.3 is 0 Å². The van der Waals surface area contributed by atoms with Gasteiger partial charge in [-0.2, -0.15) is 0 Å². The first-order valence-electron chi connectivity index (χ1n) is 6.38. The second-order valence-electron chi connectivity index (χ2n) is 4.80. The molecule has 2 aliphatic heterocycles. The Labute approximate surface area is 101 Å². The van der Waals surface area contributed by atoms with E-state index in [4.69, 9.17) is 4.74 Å². The smallest absolute Gasteiger partial charge is 0.222 e. The molecule has 0 unspecified atom stereocenters. The number of rotatable bonds is 6. The molecule has 0 bridgehead atoms. The highest BCUT2D eigenvalue weighted by Crippen LogP contribution is 2.13. The molecule has 0 aromatic rings.